The van der Waals surface area contributed by atoms with Crippen LogP contribution in [0.2, 0.25) is 0 Å². The van der Waals surface area contributed by atoms with Crippen molar-refractivity contribution < 1.29 is 14.3 Å². The summed E-state index contributed by atoms with van der Waals surface area (Å²) in [5.74, 6) is -0.186. The number of amides is 2. The molecule has 0 fully saturated rings. The van der Waals surface area contributed by atoms with Crippen molar-refractivity contribution in [1.29, 1.82) is 0 Å². The Kier molecular flexibility index (Phi) is 6.97. The number of thiophene rings is 1. The van der Waals surface area contributed by atoms with Gasteiger partial charge in [0.25, 0.3) is 5.91 Å². The summed E-state index contributed by atoms with van der Waals surface area (Å²) < 4.78 is 4.84. The van der Waals surface area contributed by atoms with Gasteiger partial charge in [0, 0.05) is 17.8 Å². The van der Waals surface area contributed by atoms with E-state index in [2.05, 4.69) is 27.0 Å². The highest BCUT2D eigenvalue weighted by atomic mass is 32.1. The molecule has 1 atom stereocenters. The highest BCUT2D eigenvalue weighted by molar-refractivity contribution is 7.07. The number of anilines is 1. The molecule has 0 saturated heterocycles. The zero-order valence-electron chi connectivity index (χ0n) is 14.6. The van der Waals surface area contributed by atoms with Gasteiger partial charge in [0.2, 0.25) is 0 Å². The Hall–Kier alpha value is -2.38. The van der Waals surface area contributed by atoms with Gasteiger partial charge in [-0.05, 0) is 61.6 Å². The summed E-state index contributed by atoms with van der Waals surface area (Å²) in [5, 5.41) is 9.66. The van der Waals surface area contributed by atoms with E-state index in [0.717, 1.165) is 0 Å². The second-order valence-corrected chi connectivity index (χ2v) is 6.45. The Bertz CT molecular complexity index is 701. The highest BCUT2D eigenvalue weighted by Gasteiger charge is 2.16. The summed E-state index contributed by atoms with van der Waals surface area (Å²) in [7, 11) is 3.97. The van der Waals surface area contributed by atoms with Crippen molar-refractivity contribution in [3.8, 4) is 0 Å². The normalized spacial score (nSPS) is 11.8. The third kappa shape index (κ3) is 5.58. The van der Waals surface area contributed by atoms with E-state index >= 15 is 0 Å². The summed E-state index contributed by atoms with van der Waals surface area (Å²) in [5.41, 5.74) is 2.18. The van der Waals surface area contributed by atoms with Crippen molar-refractivity contribution in [3.63, 3.8) is 0 Å². The minimum Gasteiger partial charge on any atom is -0.450 e. The van der Waals surface area contributed by atoms with Crippen LogP contribution in [0.5, 0.6) is 0 Å². The molecule has 0 aliphatic rings. The van der Waals surface area contributed by atoms with Gasteiger partial charge in [-0.15, -0.1) is 0 Å². The highest BCUT2D eigenvalue weighted by Crippen LogP contribution is 2.20. The molecule has 2 amide bonds. The molecule has 1 aromatic heterocycles. The van der Waals surface area contributed by atoms with Crippen LogP contribution >= 0.6 is 11.3 Å². The smallest absolute Gasteiger partial charge is 0.411 e. The first-order valence-electron chi connectivity index (χ1n) is 8.01. The van der Waals surface area contributed by atoms with Crippen molar-refractivity contribution in [1.82, 2.24) is 10.2 Å². The van der Waals surface area contributed by atoms with Crippen LogP contribution in [-0.2, 0) is 4.74 Å². The van der Waals surface area contributed by atoms with Crippen LogP contribution in [0.1, 0.15) is 28.9 Å². The van der Waals surface area contributed by atoms with Crippen LogP contribution in [0.3, 0.4) is 0 Å². The van der Waals surface area contributed by atoms with Crippen molar-refractivity contribution in [2.45, 2.75) is 13.0 Å². The van der Waals surface area contributed by atoms with E-state index in [4.69, 9.17) is 4.74 Å². The predicted octanol–water partition coefficient (Wildman–Crippen LogP) is 3.35. The van der Waals surface area contributed by atoms with Gasteiger partial charge < -0.3 is 15.0 Å². The average molecular weight is 361 g/mol. The molecule has 0 aliphatic carbocycles. The second kappa shape index (κ2) is 9.19. The lowest BCUT2D eigenvalue weighted by atomic mass is 10.1. The summed E-state index contributed by atoms with van der Waals surface area (Å²) in [6.45, 7) is 2.52. The molecule has 25 heavy (non-hydrogen) atoms. The van der Waals surface area contributed by atoms with E-state index in [-0.39, 0.29) is 11.9 Å². The number of carbonyl (C=O) groups is 2. The number of nitrogens with one attached hydrogen (secondary N) is 2. The largest absolute Gasteiger partial charge is 0.450 e. The van der Waals surface area contributed by atoms with Crippen molar-refractivity contribution in [3.05, 3.63) is 52.2 Å². The molecule has 2 rings (SSSR count). The lowest BCUT2D eigenvalue weighted by Crippen LogP contribution is -2.34. The number of benzene rings is 1. The average Bonchev–Trinajstić information content (AvgIpc) is 3.09. The second-order valence-electron chi connectivity index (χ2n) is 5.67. The number of hydrogen-bond acceptors (Lipinski definition) is 5. The van der Waals surface area contributed by atoms with Gasteiger partial charge in [0.1, 0.15) is 0 Å². The van der Waals surface area contributed by atoms with Gasteiger partial charge in [-0.1, -0.05) is 6.07 Å². The molecule has 2 N–H and O–H groups in total. The van der Waals surface area contributed by atoms with E-state index in [9.17, 15) is 9.59 Å². The number of likely N-dealkylation sites (N-methyl/N-ethyl adjacent to an activating group) is 1. The summed E-state index contributed by atoms with van der Waals surface area (Å²) in [4.78, 5) is 26.0. The molecule has 0 saturated carbocycles. The van der Waals surface area contributed by atoms with Crippen LogP contribution in [-0.4, -0.2) is 44.1 Å². The van der Waals surface area contributed by atoms with Crippen LogP contribution in [0.25, 0.3) is 0 Å². The Balaban J connectivity index is 1.99. The molecule has 0 radical (unpaired) electrons. The maximum atomic E-state index is 12.4. The minimum absolute atomic E-state index is 0.107. The van der Waals surface area contributed by atoms with Crippen molar-refractivity contribution in [2.75, 3.05) is 32.6 Å². The van der Waals surface area contributed by atoms with Crippen LogP contribution in [0, 0.1) is 0 Å². The van der Waals surface area contributed by atoms with E-state index in [1.54, 1.807) is 42.5 Å². The standard InChI is InChI=1S/C18H23N3O3S/c1-4-24-18(23)20-15-7-5-6-13(10-15)17(22)19-11-16(21(2)3)14-8-9-25-12-14/h5-10,12,16H,4,11H2,1-3H3,(H,19,22)(H,20,23)/t16-/m0/s1. The first-order valence-corrected chi connectivity index (χ1v) is 8.96. The Morgan fingerprint density at radius 3 is 2.72 bits per heavy atom. The maximum Gasteiger partial charge on any atom is 0.411 e. The molecular weight excluding hydrogens is 338 g/mol. The predicted molar refractivity (Wildman–Crippen MR) is 100 cm³/mol. The fourth-order valence-corrected chi connectivity index (χ4v) is 3.08. The number of carbonyl (C=O) groups excluding carboxylic acids is 2. The van der Waals surface area contributed by atoms with E-state index in [1.807, 2.05) is 19.5 Å². The van der Waals surface area contributed by atoms with Gasteiger partial charge in [-0.3, -0.25) is 10.1 Å². The quantitative estimate of drug-likeness (QED) is 0.793. The topological polar surface area (TPSA) is 70.7 Å². The molecule has 2 aromatic rings. The Labute approximate surface area is 151 Å². The van der Waals surface area contributed by atoms with Gasteiger partial charge in [0.05, 0.1) is 12.6 Å². The number of nitrogens with zero attached hydrogens (tertiary/aromatic N) is 1. The Morgan fingerprint density at radius 1 is 1.28 bits per heavy atom. The molecule has 7 heteroatoms. The molecule has 1 heterocycles. The molecule has 0 spiro atoms. The summed E-state index contributed by atoms with van der Waals surface area (Å²) in [6, 6.07) is 8.94. The third-order valence-corrected chi connectivity index (χ3v) is 4.36. The first-order chi connectivity index (χ1) is 12.0. The minimum atomic E-state index is -0.537. The molecule has 0 aliphatic heterocycles. The zero-order valence-corrected chi connectivity index (χ0v) is 15.4. The van der Waals surface area contributed by atoms with Gasteiger partial charge in [-0.25, -0.2) is 4.79 Å². The first kappa shape index (κ1) is 19.0. The zero-order chi connectivity index (χ0) is 18.2. The molecule has 6 nitrogen and oxygen atoms in total. The van der Waals surface area contributed by atoms with Crippen LogP contribution in [0.4, 0.5) is 10.5 Å². The third-order valence-electron chi connectivity index (χ3n) is 3.65. The van der Waals surface area contributed by atoms with E-state index in [1.165, 1.54) is 5.56 Å². The van der Waals surface area contributed by atoms with E-state index in [0.29, 0.717) is 24.4 Å². The molecule has 0 bridgehead atoms. The maximum absolute atomic E-state index is 12.4. The molecular formula is C18H23N3O3S. The number of hydrogen-bond donors (Lipinski definition) is 2. The Morgan fingerprint density at radius 2 is 2.08 bits per heavy atom. The van der Waals surface area contributed by atoms with Crippen LogP contribution < -0.4 is 10.6 Å². The van der Waals surface area contributed by atoms with Crippen molar-refractivity contribution >= 4 is 29.0 Å². The van der Waals surface area contributed by atoms with Gasteiger partial charge in [0.15, 0.2) is 0 Å². The van der Waals surface area contributed by atoms with Crippen LogP contribution in [0.15, 0.2) is 41.1 Å². The van der Waals surface area contributed by atoms with Crippen molar-refractivity contribution in [2.24, 2.45) is 0 Å². The molecule has 1 aromatic carbocycles. The van der Waals surface area contributed by atoms with Gasteiger partial charge >= 0.3 is 6.09 Å². The fraction of sp³-hybridized carbons (Fsp3) is 0.333. The SMILES string of the molecule is CCOC(=O)Nc1cccc(C(=O)NC[C@@H](c2ccsc2)N(C)C)c1. The monoisotopic (exact) mass is 361 g/mol. The molecule has 0 unspecified atom stereocenters. The fourth-order valence-electron chi connectivity index (χ4n) is 2.38. The summed E-state index contributed by atoms with van der Waals surface area (Å²) >= 11 is 1.64. The number of rotatable bonds is 7. The lowest BCUT2D eigenvalue weighted by molar-refractivity contribution is 0.0942. The van der Waals surface area contributed by atoms with Gasteiger partial charge in [-0.2, -0.15) is 11.3 Å². The molecule has 134 valence electrons. The summed E-state index contributed by atoms with van der Waals surface area (Å²) in [6.07, 6.45) is -0.537. The lowest BCUT2D eigenvalue weighted by Gasteiger charge is -2.24. The number of ether oxygens (including phenoxy) is 1. The van der Waals surface area contributed by atoms with E-state index < -0.39 is 6.09 Å².